The van der Waals surface area contributed by atoms with Crippen LogP contribution in [0.3, 0.4) is 0 Å². The van der Waals surface area contributed by atoms with E-state index in [1.54, 1.807) is 0 Å². The van der Waals surface area contributed by atoms with Gasteiger partial charge in [0.2, 0.25) is 0 Å². The molecule has 0 unspecified atom stereocenters. The summed E-state index contributed by atoms with van der Waals surface area (Å²) in [6.45, 7) is 16.6. The molecule has 5 rings (SSSR count). The fraction of sp³-hybridized carbons (Fsp3) is 0.444. The van der Waals surface area contributed by atoms with Crippen LogP contribution in [0, 0.1) is 0 Å². The van der Waals surface area contributed by atoms with Crippen molar-refractivity contribution in [3.05, 3.63) is 88.9 Å². The van der Waals surface area contributed by atoms with Gasteiger partial charge in [0, 0.05) is 36.9 Å². The van der Waals surface area contributed by atoms with E-state index >= 15 is 0 Å². The van der Waals surface area contributed by atoms with Gasteiger partial charge in [-0.15, -0.1) is 0 Å². The third-order valence-electron chi connectivity index (χ3n) is 9.01. The maximum Gasteiger partial charge on any atom is 0.252 e. The smallest absolute Gasteiger partial charge is 0.252 e. The van der Waals surface area contributed by atoms with Crippen LogP contribution in [-0.2, 0) is 6.54 Å². The van der Waals surface area contributed by atoms with Gasteiger partial charge < -0.3 is 10.2 Å². The minimum Gasteiger partial charge on any atom is -0.349 e. The van der Waals surface area contributed by atoms with Crippen molar-refractivity contribution in [3.8, 4) is 11.1 Å². The van der Waals surface area contributed by atoms with E-state index in [1.165, 1.54) is 18.4 Å². The number of carbonyl (C=O) groups excluding carboxylic acids is 1. The van der Waals surface area contributed by atoms with Gasteiger partial charge in [-0.05, 0) is 98.7 Å². The predicted molar refractivity (Wildman–Crippen MR) is 174 cm³/mol. The average Bonchev–Trinajstić information content (AvgIpc) is 3.66. The van der Waals surface area contributed by atoms with Crippen LogP contribution in [0.1, 0.15) is 88.2 Å². The molecule has 2 aliphatic rings. The maximum atomic E-state index is 13.8. The Bertz CT molecular complexity index is 1500. The van der Waals surface area contributed by atoms with E-state index in [2.05, 4.69) is 90.5 Å². The highest BCUT2D eigenvalue weighted by molar-refractivity contribution is 6.08. The number of benzene rings is 2. The third-order valence-corrected chi connectivity index (χ3v) is 9.01. The number of rotatable bonds is 11. The number of allylic oxidation sites excluding steroid dienone is 3. The zero-order valence-electron chi connectivity index (χ0n) is 26.2. The molecule has 1 aliphatic carbocycles. The molecule has 42 heavy (non-hydrogen) atoms. The zero-order chi connectivity index (χ0) is 29.8. The van der Waals surface area contributed by atoms with Crippen LogP contribution < -0.4 is 5.32 Å². The van der Waals surface area contributed by atoms with Gasteiger partial charge in [-0.2, -0.15) is 5.10 Å². The lowest BCUT2D eigenvalue weighted by atomic mass is 9.98. The molecule has 0 bridgehead atoms. The van der Waals surface area contributed by atoms with Crippen molar-refractivity contribution in [1.82, 2.24) is 24.9 Å². The van der Waals surface area contributed by atoms with Gasteiger partial charge >= 0.3 is 0 Å². The van der Waals surface area contributed by atoms with Crippen molar-refractivity contribution in [2.75, 3.05) is 26.7 Å². The summed E-state index contributed by atoms with van der Waals surface area (Å²) in [4.78, 5) is 18.4. The van der Waals surface area contributed by atoms with Gasteiger partial charge in [-0.25, -0.2) is 0 Å². The number of carbonyl (C=O) groups is 1. The van der Waals surface area contributed by atoms with Crippen LogP contribution in [0.2, 0.25) is 0 Å². The van der Waals surface area contributed by atoms with Gasteiger partial charge in [-0.1, -0.05) is 57.5 Å². The van der Waals surface area contributed by atoms with Crippen molar-refractivity contribution in [2.45, 2.75) is 78.8 Å². The van der Waals surface area contributed by atoms with E-state index in [4.69, 9.17) is 5.10 Å². The van der Waals surface area contributed by atoms with E-state index in [0.29, 0.717) is 18.2 Å². The molecule has 6 heteroatoms. The Morgan fingerprint density at radius 1 is 1.05 bits per heavy atom. The highest BCUT2D eigenvalue weighted by atomic mass is 16.1. The summed E-state index contributed by atoms with van der Waals surface area (Å²) >= 11 is 0. The van der Waals surface area contributed by atoms with Gasteiger partial charge in [-0.3, -0.25) is 14.4 Å². The van der Waals surface area contributed by atoms with Crippen LogP contribution in [0.4, 0.5) is 0 Å². The summed E-state index contributed by atoms with van der Waals surface area (Å²) in [6.07, 6.45) is 11.1. The summed E-state index contributed by atoms with van der Waals surface area (Å²) in [5, 5.41) is 8.95. The summed E-state index contributed by atoms with van der Waals surface area (Å²) in [5.74, 6) is -0.0822. The monoisotopic (exact) mass is 565 g/mol. The number of fused-ring (bicyclic) bond motifs is 1. The molecular weight excluding hydrogens is 518 g/mol. The molecule has 1 fully saturated rings. The fourth-order valence-electron chi connectivity index (χ4n) is 6.55. The first kappa shape index (κ1) is 29.8. The van der Waals surface area contributed by atoms with E-state index < -0.39 is 0 Å². The van der Waals surface area contributed by atoms with Crippen molar-refractivity contribution in [3.63, 3.8) is 0 Å². The lowest BCUT2D eigenvalue weighted by Crippen LogP contribution is -2.30. The predicted octanol–water partition coefficient (Wildman–Crippen LogP) is 7.85. The fourth-order valence-corrected chi connectivity index (χ4v) is 6.55. The van der Waals surface area contributed by atoms with Gasteiger partial charge in [0.05, 0.1) is 23.3 Å². The second-order valence-electron chi connectivity index (χ2n) is 12.1. The number of amides is 1. The molecule has 2 heterocycles. The van der Waals surface area contributed by atoms with E-state index in [9.17, 15) is 4.79 Å². The van der Waals surface area contributed by atoms with Crippen LogP contribution in [0.5, 0.6) is 0 Å². The lowest BCUT2D eigenvalue weighted by Gasteiger charge is -2.30. The minimum atomic E-state index is -0.0822. The topological polar surface area (TPSA) is 53.4 Å². The van der Waals surface area contributed by atoms with E-state index in [1.807, 2.05) is 19.3 Å². The zero-order valence-corrected chi connectivity index (χ0v) is 26.2. The number of likely N-dealkylation sites (N-methyl/N-ethyl adjacent to an activating group) is 1. The molecule has 2 aromatic carbocycles. The Labute approximate surface area is 251 Å². The minimum absolute atomic E-state index is 0.0822. The largest absolute Gasteiger partial charge is 0.349 e. The first-order valence-corrected chi connectivity index (χ1v) is 15.7. The Balaban J connectivity index is 1.46. The normalized spacial score (nSPS) is 16.2. The van der Waals surface area contributed by atoms with Crippen molar-refractivity contribution < 1.29 is 4.79 Å². The SMILES string of the molecule is C=C1C(CNC(=O)c2cc(-c3ccc(CN(CCC)CCC)cc3)cc3c2cnn3C2CCCC2)=C(C)C=C(C)N1C. The summed E-state index contributed by atoms with van der Waals surface area (Å²) in [5.41, 5.74) is 9.48. The number of hydrogen-bond donors (Lipinski definition) is 1. The standard InChI is InChI=1S/C36H47N5O/c1-7-17-40(18-8-2)24-28-13-15-29(16-14-28)30-20-32(34-23-38-41(35(34)21-30)31-11-9-10-12-31)36(42)37-22-33-25(3)19-26(4)39(6)27(33)5/h13-16,19-21,23,31H,5,7-12,17-18,22,24H2,1-4,6H3,(H,37,42). The Morgan fingerprint density at radius 2 is 1.74 bits per heavy atom. The van der Waals surface area contributed by atoms with Gasteiger partial charge in [0.25, 0.3) is 5.91 Å². The van der Waals surface area contributed by atoms with Crippen molar-refractivity contribution in [1.29, 1.82) is 0 Å². The van der Waals surface area contributed by atoms with E-state index in [-0.39, 0.29) is 5.91 Å². The molecule has 3 aromatic rings. The highest BCUT2D eigenvalue weighted by Crippen LogP contribution is 2.35. The second-order valence-corrected chi connectivity index (χ2v) is 12.1. The van der Waals surface area contributed by atoms with Crippen molar-refractivity contribution >= 4 is 16.8 Å². The molecule has 0 spiro atoms. The molecule has 1 aliphatic heterocycles. The summed E-state index contributed by atoms with van der Waals surface area (Å²) in [6, 6.07) is 13.5. The van der Waals surface area contributed by atoms with Crippen LogP contribution in [0.25, 0.3) is 22.0 Å². The molecule has 222 valence electrons. The molecule has 0 saturated heterocycles. The van der Waals surface area contributed by atoms with Crippen LogP contribution in [-0.4, -0.2) is 52.2 Å². The Morgan fingerprint density at radius 3 is 2.40 bits per heavy atom. The number of nitrogens with zero attached hydrogens (tertiary/aromatic N) is 4. The molecule has 1 amide bonds. The highest BCUT2D eigenvalue weighted by Gasteiger charge is 2.24. The quantitative estimate of drug-likeness (QED) is 0.257. The van der Waals surface area contributed by atoms with Crippen molar-refractivity contribution in [2.24, 2.45) is 0 Å². The summed E-state index contributed by atoms with van der Waals surface area (Å²) < 4.78 is 2.17. The molecular formula is C36H47N5O. The first-order chi connectivity index (χ1) is 20.3. The lowest BCUT2D eigenvalue weighted by molar-refractivity contribution is 0.0958. The molecule has 6 nitrogen and oxygen atoms in total. The molecule has 1 N–H and O–H groups in total. The van der Waals surface area contributed by atoms with Crippen LogP contribution in [0.15, 0.2) is 77.8 Å². The number of hydrogen-bond acceptors (Lipinski definition) is 4. The molecule has 1 aromatic heterocycles. The first-order valence-electron chi connectivity index (χ1n) is 15.7. The van der Waals surface area contributed by atoms with Gasteiger partial charge in [0.1, 0.15) is 0 Å². The van der Waals surface area contributed by atoms with Crippen LogP contribution >= 0.6 is 0 Å². The number of aromatic nitrogens is 2. The maximum absolute atomic E-state index is 13.8. The van der Waals surface area contributed by atoms with Gasteiger partial charge in [0.15, 0.2) is 0 Å². The average molecular weight is 566 g/mol. The Hall–Kier alpha value is -3.64. The third kappa shape index (κ3) is 6.24. The second kappa shape index (κ2) is 13.1. The number of nitrogens with one attached hydrogen (secondary N) is 1. The Kier molecular flexibility index (Phi) is 9.32. The van der Waals surface area contributed by atoms with E-state index in [0.717, 1.165) is 89.9 Å². The summed E-state index contributed by atoms with van der Waals surface area (Å²) in [7, 11) is 2.02. The molecule has 0 radical (unpaired) electrons. The molecule has 1 saturated carbocycles. The molecule has 0 atom stereocenters.